The number of hydrogen-bond acceptors (Lipinski definition) is 3. The molecule has 0 unspecified atom stereocenters. The van der Waals surface area contributed by atoms with Crippen molar-refractivity contribution in [2.75, 3.05) is 6.54 Å². The Hall–Kier alpha value is -2.73. The molecule has 0 atom stereocenters. The van der Waals surface area contributed by atoms with Gasteiger partial charge in [-0.2, -0.15) is 5.10 Å². The SMILES string of the molecule is CC(=C/c1ccccc1)/C=N/NC(=O)CNC(=O)c1cccc(Br)c1. The summed E-state index contributed by atoms with van der Waals surface area (Å²) in [4.78, 5) is 23.6. The minimum atomic E-state index is -0.396. The fourth-order valence-corrected chi connectivity index (χ4v) is 2.39. The number of hydrazone groups is 1. The molecule has 0 aliphatic carbocycles. The molecular formula is C19H18BrN3O2. The van der Waals surface area contributed by atoms with E-state index in [1.165, 1.54) is 0 Å². The van der Waals surface area contributed by atoms with Crippen LogP contribution in [0.1, 0.15) is 22.8 Å². The Kier molecular flexibility index (Phi) is 7.10. The summed E-state index contributed by atoms with van der Waals surface area (Å²) in [5.74, 6) is -0.715. The number of carbonyl (C=O) groups is 2. The number of halogens is 1. The van der Waals surface area contributed by atoms with Crippen LogP contribution in [0.25, 0.3) is 6.08 Å². The number of hydrogen-bond donors (Lipinski definition) is 2. The lowest BCUT2D eigenvalue weighted by molar-refractivity contribution is -0.120. The van der Waals surface area contributed by atoms with Gasteiger partial charge in [0.2, 0.25) is 0 Å². The van der Waals surface area contributed by atoms with Gasteiger partial charge in [-0.1, -0.05) is 58.4 Å². The lowest BCUT2D eigenvalue weighted by Crippen LogP contribution is -2.34. The Balaban J connectivity index is 1.78. The first-order valence-electron chi connectivity index (χ1n) is 7.63. The molecule has 2 N–H and O–H groups in total. The molecule has 0 heterocycles. The summed E-state index contributed by atoms with van der Waals surface area (Å²) in [6.07, 6.45) is 3.51. The summed E-state index contributed by atoms with van der Waals surface area (Å²) in [7, 11) is 0. The van der Waals surface area contributed by atoms with E-state index in [2.05, 4.69) is 31.8 Å². The molecular weight excluding hydrogens is 382 g/mol. The molecule has 0 spiro atoms. The summed E-state index contributed by atoms with van der Waals surface area (Å²) in [5, 5.41) is 6.42. The average Bonchev–Trinajstić information content (AvgIpc) is 2.60. The van der Waals surface area contributed by atoms with Gasteiger partial charge in [-0.15, -0.1) is 0 Å². The molecule has 2 aromatic carbocycles. The fourth-order valence-electron chi connectivity index (χ4n) is 1.99. The van der Waals surface area contributed by atoms with Gasteiger partial charge >= 0.3 is 0 Å². The number of benzene rings is 2. The van der Waals surface area contributed by atoms with Crippen LogP contribution in [-0.2, 0) is 4.79 Å². The van der Waals surface area contributed by atoms with E-state index in [0.29, 0.717) is 5.56 Å². The lowest BCUT2D eigenvalue weighted by Gasteiger charge is -2.04. The molecule has 25 heavy (non-hydrogen) atoms. The van der Waals surface area contributed by atoms with Gasteiger partial charge in [0.05, 0.1) is 12.8 Å². The zero-order valence-electron chi connectivity index (χ0n) is 13.7. The Morgan fingerprint density at radius 3 is 2.60 bits per heavy atom. The second kappa shape index (κ2) is 9.54. The second-order valence-electron chi connectivity index (χ2n) is 5.29. The van der Waals surface area contributed by atoms with Crippen molar-refractivity contribution in [3.8, 4) is 0 Å². The molecule has 0 fully saturated rings. The number of nitrogens with zero attached hydrogens (tertiary/aromatic N) is 1. The summed E-state index contributed by atoms with van der Waals surface area (Å²) < 4.78 is 0.801. The number of carbonyl (C=O) groups excluding carboxylic acids is 2. The number of rotatable bonds is 6. The third-order valence-electron chi connectivity index (χ3n) is 3.15. The lowest BCUT2D eigenvalue weighted by atomic mass is 10.1. The number of nitrogens with one attached hydrogen (secondary N) is 2. The van der Waals surface area contributed by atoms with Gasteiger partial charge in [0.1, 0.15) is 0 Å². The Bertz CT molecular complexity index is 801. The third kappa shape index (κ3) is 6.73. The van der Waals surface area contributed by atoms with Crippen LogP contribution in [-0.4, -0.2) is 24.6 Å². The van der Waals surface area contributed by atoms with E-state index in [4.69, 9.17) is 0 Å². The zero-order chi connectivity index (χ0) is 18.1. The van der Waals surface area contributed by atoms with Crippen molar-refractivity contribution in [2.24, 2.45) is 5.10 Å². The van der Waals surface area contributed by atoms with Crippen LogP contribution in [0, 0.1) is 0 Å². The zero-order valence-corrected chi connectivity index (χ0v) is 15.3. The van der Waals surface area contributed by atoms with Crippen molar-refractivity contribution in [1.82, 2.24) is 10.7 Å². The van der Waals surface area contributed by atoms with E-state index in [1.807, 2.05) is 49.4 Å². The molecule has 0 aliphatic heterocycles. The highest BCUT2D eigenvalue weighted by Crippen LogP contribution is 2.11. The van der Waals surface area contributed by atoms with E-state index in [9.17, 15) is 9.59 Å². The Morgan fingerprint density at radius 1 is 1.12 bits per heavy atom. The topological polar surface area (TPSA) is 70.6 Å². The summed E-state index contributed by atoms with van der Waals surface area (Å²) in [6, 6.07) is 16.7. The third-order valence-corrected chi connectivity index (χ3v) is 3.64. The first-order chi connectivity index (χ1) is 12.0. The van der Waals surface area contributed by atoms with E-state index in [0.717, 1.165) is 15.6 Å². The highest BCUT2D eigenvalue weighted by molar-refractivity contribution is 9.10. The maximum absolute atomic E-state index is 11.9. The molecule has 5 nitrogen and oxygen atoms in total. The molecule has 0 aliphatic rings. The van der Waals surface area contributed by atoms with Gasteiger partial charge in [-0.25, -0.2) is 5.43 Å². The van der Waals surface area contributed by atoms with Crippen LogP contribution >= 0.6 is 15.9 Å². The molecule has 0 bridgehead atoms. The van der Waals surface area contributed by atoms with Crippen LogP contribution in [0.3, 0.4) is 0 Å². The molecule has 2 amide bonds. The fraction of sp³-hybridized carbons (Fsp3) is 0.105. The van der Waals surface area contributed by atoms with Crippen LogP contribution < -0.4 is 10.7 Å². The first kappa shape index (κ1) is 18.6. The van der Waals surface area contributed by atoms with Crippen molar-refractivity contribution < 1.29 is 9.59 Å². The van der Waals surface area contributed by atoms with Crippen LogP contribution in [0.15, 0.2) is 69.7 Å². The molecule has 2 aromatic rings. The molecule has 0 saturated carbocycles. The predicted octanol–water partition coefficient (Wildman–Crippen LogP) is 3.38. The van der Waals surface area contributed by atoms with Crippen molar-refractivity contribution in [3.63, 3.8) is 0 Å². The van der Waals surface area contributed by atoms with Crippen molar-refractivity contribution in [2.45, 2.75) is 6.92 Å². The molecule has 0 saturated heterocycles. The van der Waals surface area contributed by atoms with Gasteiger partial charge in [0.15, 0.2) is 0 Å². The Morgan fingerprint density at radius 2 is 1.88 bits per heavy atom. The number of allylic oxidation sites excluding steroid dienone is 1. The molecule has 0 aromatic heterocycles. The van der Waals surface area contributed by atoms with Gasteiger partial charge in [0.25, 0.3) is 11.8 Å². The van der Waals surface area contributed by atoms with Crippen molar-refractivity contribution in [1.29, 1.82) is 0 Å². The minimum Gasteiger partial charge on any atom is -0.343 e. The maximum Gasteiger partial charge on any atom is 0.259 e. The highest BCUT2D eigenvalue weighted by Gasteiger charge is 2.07. The molecule has 2 rings (SSSR count). The second-order valence-corrected chi connectivity index (χ2v) is 6.20. The van der Waals surface area contributed by atoms with Gasteiger partial charge in [-0.05, 0) is 36.3 Å². The van der Waals surface area contributed by atoms with E-state index in [-0.39, 0.29) is 12.5 Å². The van der Waals surface area contributed by atoms with Crippen molar-refractivity contribution >= 4 is 40.0 Å². The van der Waals surface area contributed by atoms with Crippen LogP contribution in [0.5, 0.6) is 0 Å². The Labute approximate surface area is 155 Å². The van der Waals surface area contributed by atoms with Gasteiger partial charge < -0.3 is 5.32 Å². The van der Waals surface area contributed by atoms with Crippen LogP contribution in [0.4, 0.5) is 0 Å². The predicted molar refractivity (Wildman–Crippen MR) is 103 cm³/mol. The maximum atomic E-state index is 11.9. The molecule has 128 valence electrons. The largest absolute Gasteiger partial charge is 0.343 e. The average molecular weight is 400 g/mol. The minimum absolute atomic E-state index is 0.149. The van der Waals surface area contributed by atoms with E-state index < -0.39 is 5.91 Å². The van der Waals surface area contributed by atoms with E-state index in [1.54, 1.807) is 24.4 Å². The number of amides is 2. The molecule has 6 heteroatoms. The summed E-state index contributed by atoms with van der Waals surface area (Å²) in [6.45, 7) is 1.74. The summed E-state index contributed by atoms with van der Waals surface area (Å²) in [5.41, 5.74) is 4.81. The van der Waals surface area contributed by atoms with Gasteiger partial charge in [-0.3, -0.25) is 9.59 Å². The first-order valence-corrected chi connectivity index (χ1v) is 8.43. The summed E-state index contributed by atoms with van der Waals surface area (Å²) >= 11 is 3.30. The van der Waals surface area contributed by atoms with E-state index >= 15 is 0 Å². The standard InChI is InChI=1S/C19H18BrN3O2/c1-14(10-15-6-3-2-4-7-15)12-22-23-18(24)13-21-19(25)16-8-5-9-17(20)11-16/h2-12H,13H2,1H3,(H,21,25)(H,23,24)/b14-10-,22-12+. The smallest absolute Gasteiger partial charge is 0.259 e. The monoisotopic (exact) mass is 399 g/mol. The molecule has 0 radical (unpaired) electrons. The highest BCUT2D eigenvalue weighted by atomic mass is 79.9. The normalized spacial score (nSPS) is 11.4. The van der Waals surface area contributed by atoms with Crippen LogP contribution in [0.2, 0.25) is 0 Å². The van der Waals surface area contributed by atoms with Gasteiger partial charge in [0, 0.05) is 10.0 Å². The van der Waals surface area contributed by atoms with Crippen molar-refractivity contribution in [3.05, 3.63) is 75.8 Å². The quantitative estimate of drug-likeness (QED) is 0.577.